The maximum atomic E-state index is 11.3. The van der Waals surface area contributed by atoms with E-state index in [0.29, 0.717) is 12.8 Å². The fourth-order valence-electron chi connectivity index (χ4n) is 1.16. The van der Waals surface area contributed by atoms with Crippen molar-refractivity contribution in [3.8, 4) is 0 Å². The monoisotopic (exact) mass is 261 g/mol. The highest BCUT2D eigenvalue weighted by Gasteiger charge is 2.18. The van der Waals surface area contributed by atoms with Gasteiger partial charge in [-0.15, -0.1) is 0 Å². The Bertz CT molecular complexity index is 295. The zero-order chi connectivity index (χ0) is 14.0. The van der Waals surface area contributed by atoms with E-state index >= 15 is 0 Å². The van der Waals surface area contributed by atoms with Gasteiger partial charge in [0.25, 0.3) is 0 Å². The molecule has 0 saturated heterocycles. The number of carbonyl (C=O) groups excluding carboxylic acids is 2. The van der Waals surface area contributed by atoms with Crippen LogP contribution in [0, 0.1) is 0 Å². The van der Waals surface area contributed by atoms with Gasteiger partial charge in [0.15, 0.2) is 0 Å². The summed E-state index contributed by atoms with van der Waals surface area (Å²) in [7, 11) is 0. The SMILES string of the molecule is CCCC(NC(=O)NCCOCC(N)=O)C(=O)O. The quantitative estimate of drug-likeness (QED) is 0.397. The van der Waals surface area contributed by atoms with Gasteiger partial charge in [0.1, 0.15) is 12.6 Å². The molecule has 0 aliphatic rings. The van der Waals surface area contributed by atoms with E-state index in [1.165, 1.54) is 0 Å². The highest BCUT2D eigenvalue weighted by molar-refractivity contribution is 5.82. The minimum Gasteiger partial charge on any atom is -0.480 e. The van der Waals surface area contributed by atoms with Crippen molar-refractivity contribution in [1.82, 2.24) is 10.6 Å². The molecule has 18 heavy (non-hydrogen) atoms. The number of carbonyl (C=O) groups is 3. The second-order valence-electron chi connectivity index (χ2n) is 3.60. The number of nitrogens with two attached hydrogens (primary N) is 1. The van der Waals surface area contributed by atoms with Gasteiger partial charge in [-0.2, -0.15) is 0 Å². The molecule has 104 valence electrons. The molecular weight excluding hydrogens is 242 g/mol. The Morgan fingerprint density at radius 1 is 1.39 bits per heavy atom. The maximum Gasteiger partial charge on any atom is 0.326 e. The summed E-state index contributed by atoms with van der Waals surface area (Å²) in [4.78, 5) is 32.4. The molecule has 1 unspecified atom stereocenters. The van der Waals surface area contributed by atoms with Gasteiger partial charge in [-0.3, -0.25) is 4.79 Å². The first-order valence-electron chi connectivity index (χ1n) is 5.60. The zero-order valence-corrected chi connectivity index (χ0v) is 10.3. The van der Waals surface area contributed by atoms with Crippen LogP contribution in [0.1, 0.15) is 19.8 Å². The van der Waals surface area contributed by atoms with Gasteiger partial charge in [0, 0.05) is 6.54 Å². The highest BCUT2D eigenvalue weighted by atomic mass is 16.5. The van der Waals surface area contributed by atoms with Crippen LogP contribution >= 0.6 is 0 Å². The third kappa shape index (κ3) is 8.34. The first-order valence-corrected chi connectivity index (χ1v) is 5.60. The molecule has 5 N–H and O–H groups in total. The summed E-state index contributed by atoms with van der Waals surface area (Å²) < 4.78 is 4.81. The molecule has 3 amide bonds. The summed E-state index contributed by atoms with van der Waals surface area (Å²) >= 11 is 0. The van der Waals surface area contributed by atoms with E-state index in [4.69, 9.17) is 15.6 Å². The standard InChI is InChI=1S/C10H19N3O5/c1-2-3-7(9(15)16)13-10(17)12-4-5-18-6-8(11)14/h7H,2-6H2,1H3,(H2,11,14)(H,15,16)(H2,12,13,17). The zero-order valence-electron chi connectivity index (χ0n) is 10.3. The van der Waals surface area contributed by atoms with E-state index in [1.54, 1.807) is 0 Å². The van der Waals surface area contributed by atoms with Crippen molar-refractivity contribution in [2.24, 2.45) is 5.73 Å². The second kappa shape index (κ2) is 9.23. The predicted molar refractivity (Wildman–Crippen MR) is 62.9 cm³/mol. The van der Waals surface area contributed by atoms with Crippen molar-refractivity contribution in [2.75, 3.05) is 19.8 Å². The van der Waals surface area contributed by atoms with E-state index in [2.05, 4.69) is 10.6 Å². The van der Waals surface area contributed by atoms with Crippen LogP contribution in [0.25, 0.3) is 0 Å². The molecule has 0 aromatic heterocycles. The Labute approximate surface area is 105 Å². The van der Waals surface area contributed by atoms with Gasteiger partial charge in [0.2, 0.25) is 5.91 Å². The lowest BCUT2D eigenvalue weighted by molar-refractivity contribution is -0.139. The Hall–Kier alpha value is -1.83. The lowest BCUT2D eigenvalue weighted by Gasteiger charge is -2.14. The van der Waals surface area contributed by atoms with Gasteiger partial charge in [-0.05, 0) is 6.42 Å². The molecule has 1 atom stereocenters. The number of carboxylic acid groups (broad SMARTS) is 1. The molecule has 0 aromatic carbocycles. The summed E-state index contributed by atoms with van der Waals surface area (Å²) in [5, 5.41) is 13.5. The summed E-state index contributed by atoms with van der Waals surface area (Å²) in [6, 6.07) is -1.49. The predicted octanol–water partition coefficient (Wildman–Crippen LogP) is -0.959. The molecule has 0 heterocycles. The van der Waals surface area contributed by atoms with Crippen LogP contribution < -0.4 is 16.4 Å². The molecule has 0 aliphatic carbocycles. The number of hydrogen-bond acceptors (Lipinski definition) is 4. The van der Waals surface area contributed by atoms with Crippen molar-refractivity contribution < 1.29 is 24.2 Å². The number of nitrogens with one attached hydrogen (secondary N) is 2. The molecular formula is C10H19N3O5. The van der Waals surface area contributed by atoms with E-state index < -0.39 is 23.9 Å². The van der Waals surface area contributed by atoms with Gasteiger partial charge < -0.3 is 26.2 Å². The van der Waals surface area contributed by atoms with Gasteiger partial charge >= 0.3 is 12.0 Å². The fraction of sp³-hybridized carbons (Fsp3) is 0.700. The van der Waals surface area contributed by atoms with Crippen LogP contribution in [0.4, 0.5) is 4.79 Å². The van der Waals surface area contributed by atoms with Gasteiger partial charge in [-0.25, -0.2) is 9.59 Å². The number of rotatable bonds is 9. The Kier molecular flexibility index (Phi) is 8.29. The highest BCUT2D eigenvalue weighted by Crippen LogP contribution is 1.96. The number of carboxylic acids is 1. The first kappa shape index (κ1) is 16.2. The van der Waals surface area contributed by atoms with E-state index in [0.717, 1.165) is 0 Å². The van der Waals surface area contributed by atoms with Crippen LogP contribution in [-0.2, 0) is 14.3 Å². The summed E-state index contributed by atoms with van der Waals surface area (Å²) in [5.41, 5.74) is 4.84. The molecule has 8 heteroatoms. The van der Waals surface area contributed by atoms with E-state index in [1.807, 2.05) is 6.92 Å². The lowest BCUT2D eigenvalue weighted by atomic mass is 10.2. The Morgan fingerprint density at radius 3 is 2.56 bits per heavy atom. The van der Waals surface area contributed by atoms with Gasteiger partial charge in [0.05, 0.1) is 6.61 Å². The fourth-order valence-corrected chi connectivity index (χ4v) is 1.16. The average molecular weight is 261 g/mol. The molecule has 0 bridgehead atoms. The molecule has 8 nitrogen and oxygen atoms in total. The lowest BCUT2D eigenvalue weighted by Crippen LogP contribution is -2.46. The van der Waals surface area contributed by atoms with E-state index in [9.17, 15) is 14.4 Å². The van der Waals surface area contributed by atoms with Crippen LogP contribution in [-0.4, -0.2) is 48.8 Å². The van der Waals surface area contributed by atoms with Crippen LogP contribution in [0.5, 0.6) is 0 Å². The summed E-state index contributed by atoms with van der Waals surface area (Å²) in [5.74, 6) is -1.66. The number of primary amides is 1. The number of ether oxygens (including phenoxy) is 1. The van der Waals surface area contributed by atoms with Crippen LogP contribution in [0.2, 0.25) is 0 Å². The third-order valence-electron chi connectivity index (χ3n) is 1.96. The molecule has 0 spiro atoms. The average Bonchev–Trinajstić information content (AvgIpc) is 2.27. The summed E-state index contributed by atoms with van der Waals surface area (Å²) in [6.45, 7) is 1.91. The summed E-state index contributed by atoms with van der Waals surface area (Å²) in [6.07, 6.45) is 1.01. The van der Waals surface area contributed by atoms with Crippen molar-refractivity contribution >= 4 is 17.9 Å². The Balaban J connectivity index is 3.74. The van der Waals surface area contributed by atoms with E-state index in [-0.39, 0.29) is 19.8 Å². The van der Waals surface area contributed by atoms with Gasteiger partial charge in [-0.1, -0.05) is 13.3 Å². The normalized spacial score (nSPS) is 11.6. The number of urea groups is 1. The topological polar surface area (TPSA) is 131 Å². The molecule has 0 rings (SSSR count). The van der Waals surface area contributed by atoms with Crippen LogP contribution in [0.3, 0.4) is 0 Å². The minimum atomic E-state index is -1.07. The smallest absolute Gasteiger partial charge is 0.326 e. The largest absolute Gasteiger partial charge is 0.480 e. The molecule has 0 aliphatic heterocycles. The third-order valence-corrected chi connectivity index (χ3v) is 1.96. The first-order chi connectivity index (χ1) is 8.47. The molecule has 0 saturated carbocycles. The van der Waals surface area contributed by atoms with Crippen molar-refractivity contribution in [1.29, 1.82) is 0 Å². The molecule has 0 radical (unpaired) electrons. The molecule has 0 aromatic rings. The molecule has 0 fully saturated rings. The Morgan fingerprint density at radius 2 is 2.06 bits per heavy atom. The van der Waals surface area contributed by atoms with Crippen LogP contribution in [0.15, 0.2) is 0 Å². The van der Waals surface area contributed by atoms with Crippen molar-refractivity contribution in [2.45, 2.75) is 25.8 Å². The second-order valence-corrected chi connectivity index (χ2v) is 3.60. The minimum absolute atomic E-state index is 0.127. The van der Waals surface area contributed by atoms with Crippen molar-refractivity contribution in [3.63, 3.8) is 0 Å². The maximum absolute atomic E-state index is 11.3. The number of hydrogen-bond donors (Lipinski definition) is 4. The van der Waals surface area contributed by atoms with Crippen molar-refractivity contribution in [3.05, 3.63) is 0 Å². The number of aliphatic carboxylic acids is 1. The number of amides is 3.